The van der Waals surface area contributed by atoms with Crippen LogP contribution in [0.5, 0.6) is 0 Å². The molecule has 2 nitrogen and oxygen atoms in total. The van der Waals surface area contributed by atoms with E-state index in [0.29, 0.717) is 12.0 Å². The van der Waals surface area contributed by atoms with E-state index < -0.39 is 0 Å². The van der Waals surface area contributed by atoms with Crippen molar-refractivity contribution in [2.24, 2.45) is 5.92 Å². The number of para-hydroxylation sites is 1. The summed E-state index contributed by atoms with van der Waals surface area (Å²) in [5, 5.41) is 0.670. The maximum absolute atomic E-state index is 6.40. The summed E-state index contributed by atoms with van der Waals surface area (Å²) in [6, 6.07) is 6.37. The highest BCUT2D eigenvalue weighted by Crippen LogP contribution is 2.41. The largest absolute Gasteiger partial charge is 0.322 e. The zero-order chi connectivity index (χ0) is 13.6. The van der Waals surface area contributed by atoms with Crippen molar-refractivity contribution in [1.29, 1.82) is 0 Å². The third-order valence-corrected chi connectivity index (χ3v) is 4.69. The number of aromatic nitrogens is 2. The molecule has 1 aliphatic rings. The Bertz CT molecular complexity index is 603. The van der Waals surface area contributed by atoms with Crippen LogP contribution in [0.1, 0.15) is 50.4 Å². The number of hydrogen-bond donors (Lipinski definition) is 0. The Kier molecular flexibility index (Phi) is 3.48. The summed E-state index contributed by atoms with van der Waals surface area (Å²) in [6.07, 6.45) is 3.73. The second-order valence-corrected chi connectivity index (χ2v) is 6.60. The third-order valence-electron chi connectivity index (χ3n) is 4.19. The van der Waals surface area contributed by atoms with Crippen LogP contribution < -0.4 is 0 Å². The van der Waals surface area contributed by atoms with Gasteiger partial charge >= 0.3 is 0 Å². The van der Waals surface area contributed by atoms with Crippen molar-refractivity contribution >= 4 is 34.2 Å². The Morgan fingerprint density at radius 3 is 2.79 bits per heavy atom. The monoisotopic (exact) mass is 296 g/mol. The quantitative estimate of drug-likeness (QED) is 0.683. The fourth-order valence-corrected chi connectivity index (χ4v) is 3.66. The standard InChI is InChI=1S/C15H18Cl2N2/c1-9-5-3-8-13(9)19-14-11(17)6-4-7-12(14)18-15(19)10(2)16/h4,6-7,9-10,13H,3,5,8H2,1-2H3. The molecule has 2 aromatic rings. The first-order chi connectivity index (χ1) is 9.09. The molecule has 3 rings (SSSR count). The second kappa shape index (κ2) is 4.99. The van der Waals surface area contributed by atoms with Crippen molar-refractivity contribution in [2.45, 2.75) is 44.5 Å². The summed E-state index contributed by atoms with van der Waals surface area (Å²) >= 11 is 12.7. The Labute approximate surface area is 123 Å². The molecular formula is C15H18Cl2N2. The van der Waals surface area contributed by atoms with Gasteiger partial charge in [-0.3, -0.25) is 0 Å². The first-order valence-electron chi connectivity index (χ1n) is 6.90. The molecule has 3 atom stereocenters. The first kappa shape index (κ1) is 13.3. The summed E-state index contributed by atoms with van der Waals surface area (Å²) < 4.78 is 2.30. The molecule has 1 heterocycles. The van der Waals surface area contributed by atoms with E-state index in [1.807, 2.05) is 25.1 Å². The van der Waals surface area contributed by atoms with Crippen LogP contribution >= 0.6 is 23.2 Å². The highest BCUT2D eigenvalue weighted by Gasteiger charge is 2.30. The van der Waals surface area contributed by atoms with Gasteiger partial charge in [-0.05, 0) is 37.8 Å². The van der Waals surface area contributed by atoms with E-state index in [4.69, 9.17) is 28.2 Å². The molecular weight excluding hydrogens is 279 g/mol. The third kappa shape index (κ3) is 2.15. The zero-order valence-electron chi connectivity index (χ0n) is 11.2. The normalized spacial score (nSPS) is 25.1. The number of halogens is 2. The van der Waals surface area contributed by atoms with Crippen molar-refractivity contribution in [3.8, 4) is 0 Å². The zero-order valence-corrected chi connectivity index (χ0v) is 12.7. The van der Waals surface area contributed by atoms with E-state index in [1.54, 1.807) is 0 Å². The molecule has 3 unspecified atom stereocenters. The highest BCUT2D eigenvalue weighted by atomic mass is 35.5. The molecule has 0 amide bonds. The van der Waals surface area contributed by atoms with Gasteiger partial charge in [0, 0.05) is 6.04 Å². The number of rotatable bonds is 2. The summed E-state index contributed by atoms with van der Waals surface area (Å²) in [5.41, 5.74) is 2.00. The Morgan fingerprint density at radius 1 is 1.37 bits per heavy atom. The van der Waals surface area contributed by atoms with E-state index >= 15 is 0 Å². The Hall–Kier alpha value is -0.730. The van der Waals surface area contributed by atoms with Crippen molar-refractivity contribution in [1.82, 2.24) is 9.55 Å². The summed E-state index contributed by atoms with van der Waals surface area (Å²) in [7, 11) is 0. The van der Waals surface area contributed by atoms with Gasteiger partial charge in [-0.25, -0.2) is 4.98 Å². The van der Waals surface area contributed by atoms with E-state index in [2.05, 4.69) is 11.5 Å². The maximum atomic E-state index is 6.40. The lowest BCUT2D eigenvalue weighted by molar-refractivity contribution is 0.405. The molecule has 102 valence electrons. The van der Waals surface area contributed by atoms with Gasteiger partial charge < -0.3 is 4.57 Å². The number of alkyl halides is 1. The lowest BCUT2D eigenvalue weighted by atomic mass is 10.1. The summed E-state index contributed by atoms with van der Waals surface area (Å²) in [4.78, 5) is 4.70. The molecule has 0 N–H and O–H groups in total. The molecule has 1 aromatic heterocycles. The van der Waals surface area contributed by atoms with Crippen LogP contribution in [0.4, 0.5) is 0 Å². The highest BCUT2D eigenvalue weighted by molar-refractivity contribution is 6.35. The molecule has 0 radical (unpaired) electrons. The summed E-state index contributed by atoms with van der Waals surface area (Å²) in [6.45, 7) is 4.29. The van der Waals surface area contributed by atoms with Gasteiger partial charge in [0.25, 0.3) is 0 Å². The molecule has 0 aliphatic heterocycles. The minimum absolute atomic E-state index is 0.101. The first-order valence-corrected chi connectivity index (χ1v) is 7.71. The van der Waals surface area contributed by atoms with Crippen LogP contribution in [0, 0.1) is 5.92 Å². The molecule has 4 heteroatoms. The maximum Gasteiger partial charge on any atom is 0.128 e. The number of nitrogens with zero attached hydrogens (tertiary/aromatic N) is 2. The Morgan fingerprint density at radius 2 is 2.16 bits per heavy atom. The Balaban J connectivity index is 2.27. The average molecular weight is 297 g/mol. The van der Waals surface area contributed by atoms with Crippen LogP contribution in [0.2, 0.25) is 5.02 Å². The fraction of sp³-hybridized carbons (Fsp3) is 0.533. The fourth-order valence-electron chi connectivity index (χ4n) is 3.25. The van der Waals surface area contributed by atoms with Crippen molar-refractivity contribution in [3.63, 3.8) is 0 Å². The number of fused-ring (bicyclic) bond motifs is 1. The van der Waals surface area contributed by atoms with Gasteiger partial charge in [0.1, 0.15) is 5.82 Å². The minimum atomic E-state index is -0.101. The van der Waals surface area contributed by atoms with Crippen molar-refractivity contribution < 1.29 is 0 Å². The predicted molar refractivity (Wildman–Crippen MR) is 81.1 cm³/mol. The van der Waals surface area contributed by atoms with Crippen molar-refractivity contribution in [3.05, 3.63) is 29.0 Å². The summed E-state index contributed by atoms with van der Waals surface area (Å²) in [5.74, 6) is 1.60. The van der Waals surface area contributed by atoms with Crippen molar-refractivity contribution in [2.75, 3.05) is 0 Å². The van der Waals surface area contributed by atoms with E-state index in [-0.39, 0.29) is 5.38 Å². The van der Waals surface area contributed by atoms with Crippen LogP contribution in [0.3, 0.4) is 0 Å². The smallest absolute Gasteiger partial charge is 0.128 e. The van der Waals surface area contributed by atoms with Gasteiger partial charge in [0.05, 0.1) is 21.4 Å². The molecule has 19 heavy (non-hydrogen) atoms. The van der Waals surface area contributed by atoms with Gasteiger partial charge in [-0.1, -0.05) is 31.0 Å². The predicted octanol–water partition coefficient (Wildman–Crippen LogP) is 5.35. The topological polar surface area (TPSA) is 17.8 Å². The molecule has 1 aliphatic carbocycles. The van der Waals surface area contributed by atoms with Crippen LogP contribution in [0.25, 0.3) is 11.0 Å². The molecule has 0 spiro atoms. The molecule has 1 fully saturated rings. The second-order valence-electron chi connectivity index (χ2n) is 5.54. The molecule has 0 saturated heterocycles. The van der Waals surface area contributed by atoms with Gasteiger partial charge in [0.15, 0.2) is 0 Å². The van der Waals surface area contributed by atoms with Crippen LogP contribution in [-0.2, 0) is 0 Å². The number of imidazole rings is 1. The lowest BCUT2D eigenvalue weighted by Gasteiger charge is -2.22. The van der Waals surface area contributed by atoms with Crippen LogP contribution in [-0.4, -0.2) is 9.55 Å². The SMILES string of the molecule is CC(Cl)c1nc2cccc(Cl)c2n1C1CCCC1C. The van der Waals surface area contributed by atoms with Crippen LogP contribution in [0.15, 0.2) is 18.2 Å². The van der Waals surface area contributed by atoms with Gasteiger partial charge in [0.2, 0.25) is 0 Å². The van der Waals surface area contributed by atoms with E-state index in [0.717, 1.165) is 21.9 Å². The van der Waals surface area contributed by atoms with E-state index in [1.165, 1.54) is 19.3 Å². The van der Waals surface area contributed by atoms with E-state index in [9.17, 15) is 0 Å². The van der Waals surface area contributed by atoms with Gasteiger partial charge in [-0.15, -0.1) is 11.6 Å². The van der Waals surface area contributed by atoms with Gasteiger partial charge in [-0.2, -0.15) is 0 Å². The lowest BCUT2D eigenvalue weighted by Crippen LogP contribution is -2.15. The molecule has 1 aromatic carbocycles. The average Bonchev–Trinajstić information content (AvgIpc) is 2.93. The number of benzene rings is 1. The minimum Gasteiger partial charge on any atom is -0.322 e. The molecule has 0 bridgehead atoms. The molecule has 1 saturated carbocycles. The number of hydrogen-bond acceptors (Lipinski definition) is 1.